The van der Waals surface area contributed by atoms with E-state index in [0.29, 0.717) is 19.3 Å². The van der Waals surface area contributed by atoms with Gasteiger partial charge in [0.2, 0.25) is 0 Å². The van der Waals surface area contributed by atoms with Crippen LogP contribution in [0.1, 0.15) is 6.92 Å². The number of benzene rings is 1. The van der Waals surface area contributed by atoms with Gasteiger partial charge in [-0.2, -0.15) is 0 Å². The Kier molecular flexibility index (Phi) is 2.81. The molecule has 0 saturated carbocycles. The lowest BCUT2D eigenvalue weighted by molar-refractivity contribution is 0.171. The zero-order valence-electron chi connectivity index (χ0n) is 10.1. The van der Waals surface area contributed by atoms with Crippen molar-refractivity contribution < 1.29 is 9.47 Å². The molecule has 0 bridgehead atoms. The van der Waals surface area contributed by atoms with E-state index in [4.69, 9.17) is 9.47 Å². The highest BCUT2D eigenvalue weighted by Gasteiger charge is 2.18. The number of fused-ring (bicyclic) bond motifs is 1. The molecule has 3 rings (SSSR count). The first-order valence-electron chi connectivity index (χ1n) is 6.21. The summed E-state index contributed by atoms with van der Waals surface area (Å²) in [6.45, 7) is 6.63. The number of nitrogens with zero attached hydrogens (tertiary/aromatic N) is 1. The maximum Gasteiger partial charge on any atom is 0.163 e. The van der Waals surface area contributed by atoms with Gasteiger partial charge in [0.15, 0.2) is 11.5 Å². The Morgan fingerprint density at radius 3 is 2.88 bits per heavy atom. The molecule has 1 N–H and O–H groups in total. The second-order valence-electron chi connectivity index (χ2n) is 4.63. The maximum absolute atomic E-state index is 5.61. The number of rotatable bonds is 1. The van der Waals surface area contributed by atoms with E-state index in [2.05, 4.69) is 29.3 Å². The van der Waals surface area contributed by atoms with Gasteiger partial charge in [-0.3, -0.25) is 0 Å². The molecule has 1 saturated heterocycles. The second-order valence-corrected chi connectivity index (χ2v) is 4.63. The fourth-order valence-electron chi connectivity index (χ4n) is 2.40. The third-order valence-electron chi connectivity index (χ3n) is 3.26. The van der Waals surface area contributed by atoms with Crippen LogP contribution in [0.15, 0.2) is 18.2 Å². The van der Waals surface area contributed by atoms with Crippen LogP contribution >= 0.6 is 0 Å². The Morgan fingerprint density at radius 1 is 1.24 bits per heavy atom. The molecule has 4 nitrogen and oxygen atoms in total. The smallest absolute Gasteiger partial charge is 0.163 e. The van der Waals surface area contributed by atoms with Crippen molar-refractivity contribution in [3.8, 4) is 11.5 Å². The monoisotopic (exact) mass is 234 g/mol. The van der Waals surface area contributed by atoms with E-state index in [1.54, 1.807) is 0 Å². The summed E-state index contributed by atoms with van der Waals surface area (Å²) in [6.07, 6.45) is 0. The van der Waals surface area contributed by atoms with Gasteiger partial charge in [-0.25, -0.2) is 0 Å². The topological polar surface area (TPSA) is 33.7 Å². The number of piperazine rings is 1. The van der Waals surface area contributed by atoms with Crippen LogP contribution in [0.25, 0.3) is 0 Å². The highest BCUT2D eigenvalue weighted by atomic mass is 16.6. The molecule has 1 atom stereocenters. The molecule has 17 heavy (non-hydrogen) atoms. The van der Waals surface area contributed by atoms with Crippen molar-refractivity contribution >= 4 is 5.69 Å². The zero-order chi connectivity index (χ0) is 11.7. The number of ether oxygens (including phenoxy) is 2. The van der Waals surface area contributed by atoms with Crippen LogP contribution in [-0.2, 0) is 0 Å². The van der Waals surface area contributed by atoms with Crippen LogP contribution < -0.4 is 19.7 Å². The standard InChI is InChI=1S/C13H18N2O2/c1-10-9-15(5-4-14-10)11-2-3-12-13(8-11)17-7-6-16-12/h2-3,8,10,14H,4-7,9H2,1H3. The van der Waals surface area contributed by atoms with Crippen molar-refractivity contribution in [2.45, 2.75) is 13.0 Å². The van der Waals surface area contributed by atoms with Gasteiger partial charge in [0, 0.05) is 37.4 Å². The third-order valence-corrected chi connectivity index (χ3v) is 3.26. The van der Waals surface area contributed by atoms with Crippen molar-refractivity contribution in [2.75, 3.05) is 37.7 Å². The van der Waals surface area contributed by atoms with E-state index < -0.39 is 0 Å². The van der Waals surface area contributed by atoms with Gasteiger partial charge in [0.05, 0.1) is 0 Å². The molecular formula is C13H18N2O2. The quantitative estimate of drug-likeness (QED) is 0.793. The van der Waals surface area contributed by atoms with Crippen LogP contribution in [0.4, 0.5) is 5.69 Å². The van der Waals surface area contributed by atoms with Gasteiger partial charge in [-0.15, -0.1) is 0 Å². The molecule has 1 aromatic rings. The minimum Gasteiger partial charge on any atom is -0.486 e. The molecule has 2 heterocycles. The van der Waals surface area contributed by atoms with Gasteiger partial charge in [0.1, 0.15) is 13.2 Å². The summed E-state index contributed by atoms with van der Waals surface area (Å²) in [5.41, 5.74) is 1.22. The van der Waals surface area contributed by atoms with Crippen molar-refractivity contribution in [3.05, 3.63) is 18.2 Å². The van der Waals surface area contributed by atoms with Crippen molar-refractivity contribution in [1.29, 1.82) is 0 Å². The lowest BCUT2D eigenvalue weighted by Crippen LogP contribution is -2.49. The maximum atomic E-state index is 5.61. The fourth-order valence-corrected chi connectivity index (χ4v) is 2.40. The summed E-state index contributed by atoms with van der Waals surface area (Å²) < 4.78 is 11.1. The Bertz CT molecular complexity index is 408. The van der Waals surface area contributed by atoms with Gasteiger partial charge >= 0.3 is 0 Å². The molecule has 92 valence electrons. The molecule has 1 unspecified atom stereocenters. The molecule has 2 aliphatic heterocycles. The second kappa shape index (κ2) is 4.45. The Balaban J connectivity index is 1.83. The molecule has 0 radical (unpaired) electrons. The first kappa shape index (κ1) is 10.7. The van der Waals surface area contributed by atoms with Gasteiger partial charge in [-0.05, 0) is 19.1 Å². The average Bonchev–Trinajstić information content (AvgIpc) is 2.38. The van der Waals surface area contributed by atoms with E-state index in [1.165, 1.54) is 5.69 Å². The first-order chi connectivity index (χ1) is 8.33. The molecule has 4 heteroatoms. The summed E-state index contributed by atoms with van der Waals surface area (Å²) in [6, 6.07) is 6.76. The zero-order valence-corrected chi connectivity index (χ0v) is 10.1. The van der Waals surface area contributed by atoms with Crippen molar-refractivity contribution in [2.24, 2.45) is 0 Å². The van der Waals surface area contributed by atoms with Gasteiger partial charge < -0.3 is 19.7 Å². The number of anilines is 1. The van der Waals surface area contributed by atoms with Gasteiger partial charge in [-0.1, -0.05) is 0 Å². The number of hydrogen-bond donors (Lipinski definition) is 1. The van der Waals surface area contributed by atoms with E-state index in [0.717, 1.165) is 31.1 Å². The predicted molar refractivity (Wildman–Crippen MR) is 67.1 cm³/mol. The molecule has 0 amide bonds. The summed E-state index contributed by atoms with van der Waals surface area (Å²) in [5.74, 6) is 1.74. The highest BCUT2D eigenvalue weighted by molar-refractivity contribution is 5.57. The van der Waals surface area contributed by atoms with Crippen LogP contribution in [0, 0.1) is 0 Å². The summed E-state index contributed by atoms with van der Waals surface area (Å²) >= 11 is 0. The van der Waals surface area contributed by atoms with Crippen LogP contribution in [0.2, 0.25) is 0 Å². The Labute approximate surface area is 102 Å². The van der Waals surface area contributed by atoms with E-state index in [-0.39, 0.29) is 0 Å². The van der Waals surface area contributed by atoms with Crippen LogP contribution in [0.3, 0.4) is 0 Å². The van der Waals surface area contributed by atoms with E-state index in [1.807, 2.05) is 6.07 Å². The average molecular weight is 234 g/mol. The molecule has 2 aliphatic rings. The summed E-state index contributed by atoms with van der Waals surface area (Å²) in [4.78, 5) is 2.39. The molecule has 1 fully saturated rings. The molecule has 0 aliphatic carbocycles. The molecule has 0 spiro atoms. The minimum absolute atomic E-state index is 0.539. The third kappa shape index (κ3) is 2.17. The van der Waals surface area contributed by atoms with Crippen molar-refractivity contribution in [3.63, 3.8) is 0 Å². The van der Waals surface area contributed by atoms with E-state index >= 15 is 0 Å². The lowest BCUT2D eigenvalue weighted by atomic mass is 10.2. The predicted octanol–water partition coefficient (Wildman–Crippen LogP) is 1.26. The first-order valence-corrected chi connectivity index (χ1v) is 6.21. The summed E-state index contributed by atoms with van der Waals surface area (Å²) in [7, 11) is 0. The molecular weight excluding hydrogens is 216 g/mol. The van der Waals surface area contributed by atoms with Gasteiger partial charge in [0.25, 0.3) is 0 Å². The Hall–Kier alpha value is -1.42. The van der Waals surface area contributed by atoms with Crippen LogP contribution in [0.5, 0.6) is 11.5 Å². The molecule has 0 aromatic heterocycles. The normalized spacial score (nSPS) is 23.6. The van der Waals surface area contributed by atoms with Crippen molar-refractivity contribution in [1.82, 2.24) is 5.32 Å². The SMILES string of the molecule is CC1CN(c2ccc3c(c2)OCCO3)CCN1. The lowest BCUT2D eigenvalue weighted by Gasteiger charge is -2.34. The van der Waals surface area contributed by atoms with Crippen LogP contribution in [-0.4, -0.2) is 38.9 Å². The fraction of sp³-hybridized carbons (Fsp3) is 0.538. The molecule has 1 aromatic carbocycles. The summed E-state index contributed by atoms with van der Waals surface area (Å²) in [5, 5.41) is 3.45. The number of hydrogen-bond acceptors (Lipinski definition) is 4. The van der Waals surface area contributed by atoms with E-state index in [9.17, 15) is 0 Å². The highest BCUT2D eigenvalue weighted by Crippen LogP contribution is 2.34. The largest absolute Gasteiger partial charge is 0.486 e. The minimum atomic E-state index is 0.539. The number of nitrogens with one attached hydrogen (secondary N) is 1. The Morgan fingerprint density at radius 2 is 2.06 bits per heavy atom.